The Bertz CT molecular complexity index is 698. The second-order valence-corrected chi connectivity index (χ2v) is 12.0. The van der Waals surface area contributed by atoms with Gasteiger partial charge in [-0.05, 0) is 68.6 Å². The maximum Gasteiger partial charge on any atom is 0.302 e. The van der Waals surface area contributed by atoms with Crippen LogP contribution in [0.5, 0.6) is 0 Å². The van der Waals surface area contributed by atoms with E-state index in [1.165, 1.54) is 33.1 Å². The predicted octanol–water partition coefficient (Wildman–Crippen LogP) is 3.04. The third-order valence-corrected chi connectivity index (χ3v) is 9.25. The van der Waals surface area contributed by atoms with Crippen molar-refractivity contribution < 1.29 is 34.2 Å². The predicted molar refractivity (Wildman–Crippen MR) is 141 cm³/mol. The summed E-state index contributed by atoms with van der Waals surface area (Å²) in [6.07, 6.45) is 13.0. The topological polar surface area (TPSA) is 125 Å². The molecule has 1 heterocycles. The van der Waals surface area contributed by atoms with Crippen LogP contribution in [0.2, 0.25) is 0 Å². The number of rotatable bonds is 10. The summed E-state index contributed by atoms with van der Waals surface area (Å²) < 4.78 is 17.4. The van der Waals surface area contributed by atoms with Crippen molar-refractivity contribution in [3.8, 4) is 0 Å². The summed E-state index contributed by atoms with van der Waals surface area (Å²) in [6.45, 7) is 3.97. The lowest BCUT2D eigenvalue weighted by Crippen LogP contribution is -2.94. The van der Waals surface area contributed by atoms with E-state index in [0.717, 1.165) is 70.8 Å². The number of quaternary nitrogens is 1. The number of aliphatic hydroxyl groups is 1. The molecule has 5 N–H and O–H groups in total. The zero-order chi connectivity index (χ0) is 26.8. The second-order valence-electron chi connectivity index (χ2n) is 12.0. The smallest absolute Gasteiger partial charge is 0.302 e. The Kier molecular flexibility index (Phi) is 12.6. The molecular weight excluding hydrogens is 472 g/mol. The Morgan fingerprint density at radius 2 is 1.65 bits per heavy atom. The Hall–Kier alpha value is -1.22. The fourth-order valence-corrected chi connectivity index (χ4v) is 7.42. The first kappa shape index (κ1) is 30.3. The van der Waals surface area contributed by atoms with Crippen LogP contribution in [0.4, 0.5) is 0 Å². The van der Waals surface area contributed by atoms with E-state index >= 15 is 0 Å². The van der Waals surface area contributed by atoms with E-state index < -0.39 is 6.10 Å². The number of aliphatic hydroxyl groups excluding tert-OH is 1. The molecule has 0 bridgehead atoms. The molecule has 0 spiro atoms. The van der Waals surface area contributed by atoms with Gasteiger partial charge in [0, 0.05) is 33.8 Å². The van der Waals surface area contributed by atoms with Crippen molar-refractivity contribution in [3.05, 3.63) is 0 Å². The largest absolute Gasteiger partial charge is 0.462 e. The minimum atomic E-state index is -0.453. The van der Waals surface area contributed by atoms with Gasteiger partial charge < -0.3 is 24.6 Å². The fraction of sp³-hybridized carbons (Fsp3) is 0.931. The highest BCUT2D eigenvalue weighted by molar-refractivity contribution is 5.66. The summed E-state index contributed by atoms with van der Waals surface area (Å²) in [5, 5.41) is 13.0. The molecule has 3 rings (SSSR count). The highest BCUT2D eigenvalue weighted by Gasteiger charge is 2.42. The lowest BCUT2D eigenvalue weighted by Gasteiger charge is -2.44. The number of piperidine rings is 1. The summed E-state index contributed by atoms with van der Waals surface area (Å²) in [4.78, 5) is 24.1. The summed E-state index contributed by atoms with van der Waals surface area (Å²) in [6, 6.07) is 0. The Morgan fingerprint density at radius 3 is 2.27 bits per heavy atom. The molecule has 214 valence electrons. The molecule has 2 aliphatic carbocycles. The summed E-state index contributed by atoms with van der Waals surface area (Å²) in [5.41, 5.74) is 6.29. The minimum Gasteiger partial charge on any atom is -0.462 e. The monoisotopic (exact) mass is 525 g/mol. The van der Waals surface area contributed by atoms with E-state index in [9.17, 15) is 14.7 Å². The Labute approximate surface area is 223 Å². The zero-order valence-electron chi connectivity index (χ0n) is 23.4. The average Bonchev–Trinajstić information content (AvgIpc) is 2.81. The van der Waals surface area contributed by atoms with E-state index in [1.807, 2.05) is 0 Å². The summed E-state index contributed by atoms with van der Waals surface area (Å²) in [5.74, 6) is 1.02. The normalized spacial score (nSPS) is 33.5. The maximum atomic E-state index is 12.1. The molecule has 37 heavy (non-hydrogen) atoms. The number of hydrogen-bond acceptors (Lipinski definition) is 7. The first-order valence-electron chi connectivity index (χ1n) is 14.9. The summed E-state index contributed by atoms with van der Waals surface area (Å²) >= 11 is 0. The van der Waals surface area contributed by atoms with Crippen LogP contribution in [0.3, 0.4) is 0 Å². The molecule has 1 aliphatic heterocycles. The number of ether oxygens (including phenoxy) is 3. The van der Waals surface area contributed by atoms with Gasteiger partial charge in [0.15, 0.2) is 0 Å². The molecule has 6 unspecified atom stereocenters. The summed E-state index contributed by atoms with van der Waals surface area (Å²) in [7, 11) is 1.68. The van der Waals surface area contributed by atoms with Gasteiger partial charge in [0.05, 0.1) is 18.8 Å². The van der Waals surface area contributed by atoms with Crippen molar-refractivity contribution in [2.75, 3.05) is 13.7 Å². The highest BCUT2D eigenvalue weighted by Crippen LogP contribution is 2.42. The van der Waals surface area contributed by atoms with Gasteiger partial charge in [0.25, 0.3) is 0 Å². The van der Waals surface area contributed by atoms with E-state index in [2.05, 4.69) is 5.32 Å². The van der Waals surface area contributed by atoms with Crippen molar-refractivity contribution in [1.82, 2.24) is 0 Å². The second kappa shape index (κ2) is 15.4. The number of hydrogen-bond donors (Lipinski definition) is 3. The number of carbonyl (C=O) groups is 2. The van der Waals surface area contributed by atoms with E-state index in [-0.39, 0.29) is 36.4 Å². The standard InChI is InChI=1S/C29H52N2O6/c1-19(32)36-24(17-27(37-20(2)33)21-9-7-5-4-6-8-10-21)12-11-22-15-28(35-3)26(34)18-25(22)23-13-14-31-29(30)16-23/h21-29,31,34H,4-18,30H2,1-3H3/p+1/t22?,23?,24-,25?,26?,27-,28?,29?/m1/s1. The third-order valence-electron chi connectivity index (χ3n) is 9.25. The van der Waals surface area contributed by atoms with Crippen LogP contribution in [0, 0.1) is 23.7 Å². The quantitative estimate of drug-likeness (QED) is 0.374. The van der Waals surface area contributed by atoms with E-state index in [4.69, 9.17) is 19.9 Å². The van der Waals surface area contributed by atoms with Gasteiger partial charge in [0.1, 0.15) is 18.4 Å². The lowest BCUT2D eigenvalue weighted by atomic mass is 9.66. The van der Waals surface area contributed by atoms with Gasteiger partial charge in [-0.1, -0.05) is 32.1 Å². The molecule has 0 radical (unpaired) electrons. The molecule has 2 saturated carbocycles. The number of nitrogens with two attached hydrogens (primary N) is 2. The Balaban J connectivity index is 1.70. The molecule has 3 aliphatic rings. The average molecular weight is 526 g/mol. The highest BCUT2D eigenvalue weighted by atomic mass is 16.6. The van der Waals surface area contributed by atoms with Crippen molar-refractivity contribution in [3.63, 3.8) is 0 Å². The molecule has 0 amide bonds. The fourth-order valence-electron chi connectivity index (χ4n) is 7.42. The van der Waals surface area contributed by atoms with Crippen LogP contribution in [-0.2, 0) is 23.8 Å². The van der Waals surface area contributed by atoms with Gasteiger partial charge in [-0.15, -0.1) is 0 Å². The van der Waals surface area contributed by atoms with Crippen LogP contribution >= 0.6 is 0 Å². The molecule has 1 saturated heterocycles. The van der Waals surface area contributed by atoms with Crippen LogP contribution in [0.25, 0.3) is 0 Å². The van der Waals surface area contributed by atoms with Crippen LogP contribution in [0.15, 0.2) is 0 Å². The van der Waals surface area contributed by atoms with Crippen molar-refractivity contribution in [1.29, 1.82) is 0 Å². The molecule has 8 atom stereocenters. The van der Waals surface area contributed by atoms with Crippen molar-refractivity contribution in [2.24, 2.45) is 29.4 Å². The minimum absolute atomic E-state index is 0.124. The van der Waals surface area contributed by atoms with Crippen LogP contribution in [-0.4, -0.2) is 61.3 Å². The van der Waals surface area contributed by atoms with Gasteiger partial charge in [-0.2, -0.15) is 0 Å². The van der Waals surface area contributed by atoms with E-state index in [0.29, 0.717) is 30.1 Å². The van der Waals surface area contributed by atoms with Crippen molar-refractivity contribution >= 4 is 11.9 Å². The molecule has 3 fully saturated rings. The Morgan fingerprint density at radius 1 is 0.973 bits per heavy atom. The maximum absolute atomic E-state index is 12.1. The number of carbonyl (C=O) groups excluding carboxylic acids is 2. The van der Waals surface area contributed by atoms with Gasteiger partial charge >= 0.3 is 11.9 Å². The van der Waals surface area contributed by atoms with E-state index in [1.54, 1.807) is 7.11 Å². The SMILES string of the molecule is COC1CC(CC[C@H](C[C@@H](OC(C)=O)C2CCCCCCC2)OC(C)=O)C(C2CC[NH2+]C(N)C2)CC1O. The molecular formula is C29H53N2O6+. The third kappa shape index (κ3) is 9.79. The van der Waals surface area contributed by atoms with Crippen LogP contribution in [0.1, 0.15) is 104 Å². The first-order chi connectivity index (χ1) is 17.8. The molecule has 0 aromatic carbocycles. The van der Waals surface area contributed by atoms with Crippen LogP contribution < -0.4 is 11.1 Å². The van der Waals surface area contributed by atoms with Crippen molar-refractivity contribution in [2.45, 2.75) is 134 Å². The van der Waals surface area contributed by atoms with Gasteiger partial charge in [-0.25, -0.2) is 0 Å². The van der Waals surface area contributed by atoms with Gasteiger partial charge in [-0.3, -0.25) is 15.3 Å². The zero-order valence-corrected chi connectivity index (χ0v) is 23.4. The molecule has 0 aromatic heterocycles. The number of methoxy groups -OCH3 is 1. The van der Waals surface area contributed by atoms with Gasteiger partial charge in [0.2, 0.25) is 0 Å². The lowest BCUT2D eigenvalue weighted by molar-refractivity contribution is -0.699. The molecule has 8 heteroatoms. The number of esters is 2. The molecule has 0 aromatic rings. The first-order valence-corrected chi connectivity index (χ1v) is 14.9. The molecule has 8 nitrogen and oxygen atoms in total.